The summed E-state index contributed by atoms with van der Waals surface area (Å²) < 4.78 is 5.04. The van der Waals surface area contributed by atoms with Crippen molar-refractivity contribution in [2.45, 2.75) is 39.5 Å². The van der Waals surface area contributed by atoms with Gasteiger partial charge in [-0.05, 0) is 44.1 Å². The summed E-state index contributed by atoms with van der Waals surface area (Å²) in [5, 5.41) is 6.69. The van der Waals surface area contributed by atoms with Crippen LogP contribution < -0.4 is 10.6 Å². The van der Waals surface area contributed by atoms with E-state index in [0.29, 0.717) is 0 Å². The molecule has 1 rings (SSSR count). The minimum atomic E-state index is 0.788. The van der Waals surface area contributed by atoms with Crippen molar-refractivity contribution in [2.24, 2.45) is 16.8 Å². The molecule has 0 saturated carbocycles. The van der Waals surface area contributed by atoms with E-state index in [2.05, 4.69) is 34.4 Å². The number of nitrogens with zero attached hydrogens (tertiary/aromatic N) is 2. The first kappa shape index (κ1) is 19.2. The largest absolute Gasteiger partial charge is 0.385 e. The highest BCUT2D eigenvalue weighted by Crippen LogP contribution is 2.20. The molecule has 0 radical (unpaired) electrons. The number of rotatable bonds is 9. The number of aliphatic imine (C=N–C) groups is 1. The second-order valence-electron chi connectivity index (χ2n) is 6.68. The Balaban J connectivity index is 2.04. The maximum Gasteiger partial charge on any atom is 0.190 e. The van der Waals surface area contributed by atoms with Crippen molar-refractivity contribution in [3.8, 4) is 0 Å². The van der Waals surface area contributed by atoms with Crippen LogP contribution >= 0.6 is 0 Å². The van der Waals surface area contributed by atoms with Crippen LogP contribution in [0.4, 0.5) is 0 Å². The van der Waals surface area contributed by atoms with Crippen LogP contribution in [0.15, 0.2) is 4.99 Å². The molecule has 0 aromatic heterocycles. The molecule has 1 fully saturated rings. The number of piperidine rings is 1. The minimum absolute atomic E-state index is 0.788. The fourth-order valence-electron chi connectivity index (χ4n) is 3.29. The quantitative estimate of drug-likeness (QED) is 0.388. The number of likely N-dealkylation sites (tertiary alicyclic amines) is 1. The second kappa shape index (κ2) is 11.7. The average Bonchev–Trinajstić information content (AvgIpc) is 2.48. The summed E-state index contributed by atoms with van der Waals surface area (Å²) in [7, 11) is 3.55. The molecule has 2 atom stereocenters. The van der Waals surface area contributed by atoms with Crippen molar-refractivity contribution in [2.75, 3.05) is 53.5 Å². The molecule has 1 aliphatic heterocycles. The number of hydrogen-bond donors (Lipinski definition) is 2. The summed E-state index contributed by atoms with van der Waals surface area (Å²) >= 11 is 0. The van der Waals surface area contributed by atoms with Gasteiger partial charge in [0.2, 0.25) is 0 Å². The summed E-state index contributed by atoms with van der Waals surface area (Å²) in [6, 6.07) is 0. The van der Waals surface area contributed by atoms with Gasteiger partial charge in [0.05, 0.1) is 0 Å². The Labute approximate surface area is 136 Å². The van der Waals surface area contributed by atoms with Gasteiger partial charge in [-0.15, -0.1) is 0 Å². The van der Waals surface area contributed by atoms with Gasteiger partial charge in [-0.3, -0.25) is 4.99 Å². The summed E-state index contributed by atoms with van der Waals surface area (Å²) in [4.78, 5) is 6.87. The molecule has 130 valence electrons. The van der Waals surface area contributed by atoms with Crippen molar-refractivity contribution >= 4 is 5.96 Å². The minimum Gasteiger partial charge on any atom is -0.385 e. The molecule has 0 bridgehead atoms. The number of methoxy groups -OCH3 is 1. The van der Waals surface area contributed by atoms with Gasteiger partial charge in [0.1, 0.15) is 0 Å². The third-order valence-electron chi connectivity index (χ3n) is 4.18. The van der Waals surface area contributed by atoms with Gasteiger partial charge in [-0.25, -0.2) is 0 Å². The van der Waals surface area contributed by atoms with E-state index >= 15 is 0 Å². The van der Waals surface area contributed by atoms with Crippen LogP contribution in [-0.4, -0.2) is 64.3 Å². The maximum atomic E-state index is 5.04. The van der Waals surface area contributed by atoms with E-state index in [0.717, 1.165) is 43.9 Å². The Morgan fingerprint density at radius 3 is 2.32 bits per heavy atom. The van der Waals surface area contributed by atoms with E-state index in [1.54, 1.807) is 7.11 Å². The zero-order chi connectivity index (χ0) is 16.2. The van der Waals surface area contributed by atoms with Crippen molar-refractivity contribution in [3.05, 3.63) is 0 Å². The van der Waals surface area contributed by atoms with Gasteiger partial charge in [0.15, 0.2) is 5.96 Å². The highest BCUT2D eigenvalue weighted by atomic mass is 16.5. The summed E-state index contributed by atoms with van der Waals surface area (Å²) in [6.45, 7) is 11.2. The van der Waals surface area contributed by atoms with Gasteiger partial charge < -0.3 is 20.3 Å². The van der Waals surface area contributed by atoms with Crippen LogP contribution in [0.1, 0.15) is 39.5 Å². The van der Waals surface area contributed by atoms with E-state index in [-0.39, 0.29) is 0 Å². The van der Waals surface area contributed by atoms with Crippen molar-refractivity contribution < 1.29 is 4.74 Å². The van der Waals surface area contributed by atoms with Crippen molar-refractivity contribution in [1.29, 1.82) is 0 Å². The number of unbranched alkanes of at least 4 members (excludes halogenated alkanes) is 1. The standard InChI is InChI=1S/C17H36N4O/c1-15-12-16(2)14-21(13-15)10-6-5-8-19-17(18-3)20-9-7-11-22-4/h15-16H,5-14H2,1-4H3,(H2,18,19,20). The first-order valence-corrected chi connectivity index (χ1v) is 8.81. The predicted octanol–water partition coefficient (Wildman–Crippen LogP) is 1.95. The highest BCUT2D eigenvalue weighted by molar-refractivity contribution is 5.79. The van der Waals surface area contributed by atoms with Crippen molar-refractivity contribution in [3.63, 3.8) is 0 Å². The molecule has 22 heavy (non-hydrogen) atoms. The molecule has 0 aliphatic carbocycles. The first-order chi connectivity index (χ1) is 10.7. The van der Waals surface area contributed by atoms with Crippen LogP contribution in [0, 0.1) is 11.8 Å². The Morgan fingerprint density at radius 1 is 1.09 bits per heavy atom. The third kappa shape index (κ3) is 8.59. The molecule has 0 aromatic rings. The fourth-order valence-corrected chi connectivity index (χ4v) is 3.29. The smallest absolute Gasteiger partial charge is 0.190 e. The zero-order valence-corrected chi connectivity index (χ0v) is 15.0. The van der Waals surface area contributed by atoms with Gasteiger partial charge in [0.25, 0.3) is 0 Å². The molecule has 5 heteroatoms. The Bertz CT molecular complexity index is 299. The lowest BCUT2D eigenvalue weighted by Crippen LogP contribution is -2.40. The predicted molar refractivity (Wildman–Crippen MR) is 94.5 cm³/mol. The van der Waals surface area contributed by atoms with Crippen molar-refractivity contribution in [1.82, 2.24) is 15.5 Å². The van der Waals surface area contributed by atoms with Gasteiger partial charge in [-0.1, -0.05) is 13.8 Å². The van der Waals surface area contributed by atoms with E-state index in [4.69, 9.17) is 4.74 Å². The van der Waals surface area contributed by atoms with Crippen LogP contribution in [0.25, 0.3) is 0 Å². The molecule has 2 unspecified atom stereocenters. The van der Waals surface area contributed by atoms with Crippen LogP contribution in [0.5, 0.6) is 0 Å². The Hall–Kier alpha value is -0.810. The topological polar surface area (TPSA) is 48.9 Å². The summed E-state index contributed by atoms with van der Waals surface area (Å²) in [5.41, 5.74) is 0. The fraction of sp³-hybridized carbons (Fsp3) is 0.941. The summed E-state index contributed by atoms with van der Waals surface area (Å²) in [6.07, 6.45) is 4.84. The first-order valence-electron chi connectivity index (χ1n) is 8.81. The lowest BCUT2D eigenvalue weighted by molar-refractivity contribution is 0.139. The Morgan fingerprint density at radius 2 is 1.73 bits per heavy atom. The molecule has 1 saturated heterocycles. The normalized spacial score (nSPS) is 23.5. The van der Waals surface area contributed by atoms with Gasteiger partial charge in [-0.2, -0.15) is 0 Å². The van der Waals surface area contributed by atoms with E-state index in [1.165, 1.54) is 38.9 Å². The maximum absolute atomic E-state index is 5.04. The lowest BCUT2D eigenvalue weighted by Gasteiger charge is -2.34. The molecule has 0 spiro atoms. The van der Waals surface area contributed by atoms with E-state index in [9.17, 15) is 0 Å². The number of ether oxygens (including phenoxy) is 1. The second-order valence-corrected chi connectivity index (χ2v) is 6.68. The van der Waals surface area contributed by atoms with Crippen LogP contribution in [-0.2, 0) is 4.74 Å². The van der Waals surface area contributed by atoms with Gasteiger partial charge >= 0.3 is 0 Å². The zero-order valence-electron chi connectivity index (χ0n) is 15.0. The molecule has 0 amide bonds. The van der Waals surface area contributed by atoms with Crippen LogP contribution in [0.3, 0.4) is 0 Å². The molecule has 2 N–H and O–H groups in total. The summed E-state index contributed by atoms with van der Waals surface area (Å²) in [5.74, 6) is 2.62. The number of hydrogen-bond acceptors (Lipinski definition) is 3. The molecular formula is C17H36N4O. The molecule has 5 nitrogen and oxygen atoms in total. The molecule has 0 aromatic carbocycles. The lowest BCUT2D eigenvalue weighted by atomic mass is 9.92. The molecule has 1 aliphatic rings. The molecule has 1 heterocycles. The number of nitrogens with one attached hydrogen (secondary N) is 2. The van der Waals surface area contributed by atoms with Crippen LogP contribution in [0.2, 0.25) is 0 Å². The third-order valence-corrected chi connectivity index (χ3v) is 4.18. The Kier molecular flexibility index (Phi) is 10.2. The highest BCUT2D eigenvalue weighted by Gasteiger charge is 2.20. The van der Waals surface area contributed by atoms with E-state index in [1.807, 2.05) is 7.05 Å². The molecular weight excluding hydrogens is 276 g/mol. The van der Waals surface area contributed by atoms with E-state index < -0.39 is 0 Å². The SMILES string of the molecule is CN=C(NCCCCN1CC(C)CC(C)C1)NCCCOC. The average molecular weight is 313 g/mol. The monoisotopic (exact) mass is 312 g/mol. The van der Waals surface area contributed by atoms with Gasteiger partial charge in [0, 0.05) is 46.9 Å². The number of guanidine groups is 1.